The molecule has 20 heavy (non-hydrogen) atoms. The molecule has 110 valence electrons. The van der Waals surface area contributed by atoms with E-state index in [4.69, 9.17) is 4.98 Å². The first kappa shape index (κ1) is 13.3. The Morgan fingerprint density at radius 1 is 1.20 bits per heavy atom. The van der Waals surface area contributed by atoms with Crippen LogP contribution in [0.1, 0.15) is 76.1 Å². The fraction of sp³-hybridized carbons (Fsp3) is 0.824. The Morgan fingerprint density at radius 3 is 2.35 bits per heavy atom. The average Bonchev–Trinajstić information content (AvgIpc) is 2.72. The van der Waals surface area contributed by atoms with Crippen LogP contribution in [0.5, 0.6) is 0 Å². The van der Waals surface area contributed by atoms with Crippen molar-refractivity contribution in [1.82, 2.24) is 4.98 Å². The van der Waals surface area contributed by atoms with E-state index < -0.39 is 6.10 Å². The Balaban J connectivity index is 1.76. The summed E-state index contributed by atoms with van der Waals surface area (Å²) >= 11 is 1.79. The Morgan fingerprint density at radius 2 is 1.85 bits per heavy atom. The fourth-order valence-electron chi connectivity index (χ4n) is 6.41. The van der Waals surface area contributed by atoms with Gasteiger partial charge >= 0.3 is 0 Å². The second-order valence-corrected chi connectivity index (χ2v) is 9.52. The van der Waals surface area contributed by atoms with Crippen LogP contribution in [0, 0.1) is 16.7 Å². The molecule has 4 fully saturated rings. The molecule has 1 aromatic rings. The maximum Gasteiger partial charge on any atom is 0.0991 e. The quantitative estimate of drug-likeness (QED) is 0.873. The van der Waals surface area contributed by atoms with E-state index in [0.29, 0.717) is 16.2 Å². The molecule has 3 unspecified atom stereocenters. The standard InChI is InChI=1S/C17H25NOS/c1-11(19)13-7-20-14(18-13)17-6-12-4-15(2,9-17)8-16(3,5-12)10-17/h7,11-12,19H,4-6,8-10H2,1-3H3. The van der Waals surface area contributed by atoms with Gasteiger partial charge in [-0.15, -0.1) is 11.3 Å². The van der Waals surface area contributed by atoms with Crippen LogP contribution in [-0.4, -0.2) is 10.1 Å². The number of aromatic nitrogens is 1. The van der Waals surface area contributed by atoms with E-state index in [0.717, 1.165) is 11.6 Å². The van der Waals surface area contributed by atoms with Crippen LogP contribution in [0.4, 0.5) is 0 Å². The van der Waals surface area contributed by atoms with Gasteiger partial charge in [0, 0.05) is 10.8 Å². The summed E-state index contributed by atoms with van der Waals surface area (Å²) in [6.07, 6.45) is 7.81. The predicted octanol–water partition coefficient (Wildman–Crippen LogP) is 4.44. The third-order valence-corrected chi connectivity index (χ3v) is 7.14. The number of aliphatic hydroxyl groups is 1. The molecule has 0 aromatic carbocycles. The maximum atomic E-state index is 9.76. The average molecular weight is 291 g/mol. The normalized spacial score (nSPS) is 47.7. The first-order valence-corrected chi connectivity index (χ1v) is 8.84. The van der Waals surface area contributed by atoms with Gasteiger partial charge in [0.25, 0.3) is 0 Å². The van der Waals surface area contributed by atoms with Gasteiger partial charge in [-0.1, -0.05) is 13.8 Å². The summed E-state index contributed by atoms with van der Waals surface area (Å²) in [7, 11) is 0. The zero-order chi connectivity index (χ0) is 14.2. The second-order valence-electron chi connectivity index (χ2n) is 8.66. The minimum atomic E-state index is -0.430. The minimum absolute atomic E-state index is 0.320. The van der Waals surface area contributed by atoms with Gasteiger partial charge in [0.2, 0.25) is 0 Å². The predicted molar refractivity (Wildman–Crippen MR) is 81.8 cm³/mol. The third kappa shape index (κ3) is 1.82. The van der Waals surface area contributed by atoms with E-state index in [1.807, 2.05) is 6.92 Å². The third-order valence-electron chi connectivity index (χ3n) is 6.03. The highest BCUT2D eigenvalue weighted by Gasteiger charge is 2.61. The van der Waals surface area contributed by atoms with Gasteiger partial charge in [-0.3, -0.25) is 0 Å². The van der Waals surface area contributed by atoms with Gasteiger partial charge in [-0.25, -0.2) is 4.98 Å². The van der Waals surface area contributed by atoms with Crippen LogP contribution in [0.3, 0.4) is 0 Å². The van der Waals surface area contributed by atoms with E-state index in [1.54, 1.807) is 11.3 Å². The lowest BCUT2D eigenvalue weighted by atomic mass is 9.40. The van der Waals surface area contributed by atoms with Crippen molar-refractivity contribution in [3.63, 3.8) is 0 Å². The van der Waals surface area contributed by atoms with E-state index in [9.17, 15) is 5.11 Å². The lowest BCUT2D eigenvalue weighted by molar-refractivity contribution is -0.110. The largest absolute Gasteiger partial charge is 0.387 e. The van der Waals surface area contributed by atoms with E-state index in [1.165, 1.54) is 43.5 Å². The number of hydrogen-bond acceptors (Lipinski definition) is 3. The maximum absolute atomic E-state index is 9.76. The van der Waals surface area contributed by atoms with Crippen LogP contribution >= 0.6 is 11.3 Å². The Labute approximate surface area is 125 Å². The van der Waals surface area contributed by atoms with Crippen molar-refractivity contribution in [2.24, 2.45) is 16.7 Å². The summed E-state index contributed by atoms with van der Waals surface area (Å²) < 4.78 is 0. The SMILES string of the molecule is CC(O)c1csc(C23CC4CC(C)(CC(C)(C4)C2)C3)n1. The fourth-order valence-corrected chi connectivity index (χ4v) is 7.53. The van der Waals surface area contributed by atoms with Crippen LogP contribution in [0.2, 0.25) is 0 Å². The van der Waals surface area contributed by atoms with Gasteiger partial charge in [0.1, 0.15) is 0 Å². The molecule has 0 amide bonds. The zero-order valence-electron chi connectivity index (χ0n) is 12.8. The van der Waals surface area contributed by atoms with Crippen LogP contribution in [0.15, 0.2) is 5.38 Å². The molecule has 5 rings (SSSR count). The highest BCUT2D eigenvalue weighted by atomic mass is 32.1. The smallest absolute Gasteiger partial charge is 0.0991 e. The van der Waals surface area contributed by atoms with Gasteiger partial charge < -0.3 is 5.11 Å². The van der Waals surface area contributed by atoms with Crippen molar-refractivity contribution < 1.29 is 5.11 Å². The number of hydrogen-bond donors (Lipinski definition) is 1. The molecule has 4 aliphatic rings. The number of thiazole rings is 1. The molecule has 3 heteroatoms. The van der Waals surface area contributed by atoms with Crippen molar-refractivity contribution >= 4 is 11.3 Å². The van der Waals surface area contributed by atoms with Gasteiger partial charge in [-0.2, -0.15) is 0 Å². The molecule has 3 atom stereocenters. The molecular weight excluding hydrogens is 266 g/mol. The first-order valence-electron chi connectivity index (χ1n) is 7.96. The highest BCUT2D eigenvalue weighted by molar-refractivity contribution is 7.09. The van der Waals surface area contributed by atoms with Gasteiger partial charge in [0.15, 0.2) is 0 Å². The summed E-state index contributed by atoms with van der Waals surface area (Å²) in [4.78, 5) is 4.83. The molecule has 2 nitrogen and oxygen atoms in total. The molecule has 0 spiro atoms. The zero-order valence-corrected chi connectivity index (χ0v) is 13.6. The summed E-state index contributed by atoms with van der Waals surface area (Å²) in [5.41, 5.74) is 2.26. The van der Waals surface area contributed by atoms with Crippen molar-refractivity contribution in [2.75, 3.05) is 0 Å². The van der Waals surface area contributed by atoms with E-state index in [2.05, 4.69) is 19.2 Å². The van der Waals surface area contributed by atoms with Gasteiger partial charge in [0.05, 0.1) is 16.8 Å². The topological polar surface area (TPSA) is 33.1 Å². The summed E-state index contributed by atoms with van der Waals surface area (Å²) in [6, 6.07) is 0. The molecule has 1 N–H and O–H groups in total. The molecule has 1 heterocycles. The van der Waals surface area contributed by atoms with Crippen molar-refractivity contribution in [3.05, 3.63) is 16.1 Å². The Hall–Kier alpha value is -0.410. The monoisotopic (exact) mass is 291 g/mol. The van der Waals surface area contributed by atoms with Crippen LogP contribution < -0.4 is 0 Å². The molecule has 0 saturated heterocycles. The molecule has 4 aliphatic carbocycles. The van der Waals surface area contributed by atoms with Crippen molar-refractivity contribution in [3.8, 4) is 0 Å². The second kappa shape index (κ2) is 3.86. The molecule has 4 bridgehead atoms. The minimum Gasteiger partial charge on any atom is -0.387 e. The number of nitrogens with zero attached hydrogens (tertiary/aromatic N) is 1. The summed E-state index contributed by atoms with van der Waals surface area (Å²) in [5, 5.41) is 13.2. The lowest BCUT2D eigenvalue weighted by Crippen LogP contribution is -2.56. The highest BCUT2D eigenvalue weighted by Crippen LogP contribution is 2.70. The van der Waals surface area contributed by atoms with E-state index >= 15 is 0 Å². The molecule has 0 radical (unpaired) electrons. The molecular formula is C17H25NOS. The Bertz CT molecular complexity index is 531. The van der Waals surface area contributed by atoms with Gasteiger partial charge in [-0.05, 0) is 62.2 Å². The first-order chi connectivity index (χ1) is 9.32. The van der Waals surface area contributed by atoms with Crippen LogP contribution in [-0.2, 0) is 5.41 Å². The van der Waals surface area contributed by atoms with E-state index in [-0.39, 0.29) is 0 Å². The molecule has 0 aliphatic heterocycles. The molecule has 1 aromatic heterocycles. The number of rotatable bonds is 2. The summed E-state index contributed by atoms with van der Waals surface area (Å²) in [5.74, 6) is 0.903. The summed E-state index contributed by atoms with van der Waals surface area (Å²) in [6.45, 7) is 6.84. The Kier molecular flexibility index (Phi) is 2.56. The molecule has 4 saturated carbocycles. The number of aliphatic hydroxyl groups excluding tert-OH is 1. The lowest BCUT2D eigenvalue weighted by Gasteiger charge is -2.64. The van der Waals surface area contributed by atoms with Crippen molar-refractivity contribution in [2.45, 2.75) is 70.8 Å². The van der Waals surface area contributed by atoms with Crippen molar-refractivity contribution in [1.29, 1.82) is 0 Å². The van der Waals surface area contributed by atoms with Crippen LogP contribution in [0.25, 0.3) is 0 Å².